The van der Waals surface area contributed by atoms with Crippen LogP contribution in [0, 0.1) is 28.6 Å². The van der Waals surface area contributed by atoms with Crippen molar-refractivity contribution in [2.24, 2.45) is 28.6 Å². The zero-order valence-electron chi connectivity index (χ0n) is 15.6. The molecule has 0 radical (unpaired) electrons. The van der Waals surface area contributed by atoms with Crippen LogP contribution in [-0.2, 0) is 0 Å². The Morgan fingerprint density at radius 2 is 1.96 bits per heavy atom. The van der Waals surface area contributed by atoms with Crippen LogP contribution >= 0.6 is 0 Å². The zero-order valence-corrected chi connectivity index (χ0v) is 15.6. The van der Waals surface area contributed by atoms with Crippen molar-refractivity contribution < 1.29 is 0 Å². The molecule has 5 rings (SSSR count). The Labute approximate surface area is 151 Å². The standard InChI is InChI=1S/C23H30N2/c1-22-9-3-4-19(22)18-6-5-17-14-16(21-15-24-12-13-25-21)7-11-23(17,2)20(18)8-10-22/h3,5,9,12-13,15-16,18-20H,4,6-8,10-11,14H2,1-2H3/t16?,18-,19-,20-,22-,23-/m0/s1. The van der Waals surface area contributed by atoms with Gasteiger partial charge >= 0.3 is 0 Å². The maximum atomic E-state index is 4.60. The molecule has 0 saturated heterocycles. The van der Waals surface area contributed by atoms with E-state index >= 15 is 0 Å². The highest BCUT2D eigenvalue weighted by Crippen LogP contribution is 2.64. The Kier molecular flexibility index (Phi) is 3.49. The highest BCUT2D eigenvalue weighted by molar-refractivity contribution is 5.29. The molecule has 0 aliphatic heterocycles. The molecule has 2 nitrogen and oxygen atoms in total. The molecule has 132 valence electrons. The molecule has 0 bridgehead atoms. The molecule has 0 spiro atoms. The van der Waals surface area contributed by atoms with Gasteiger partial charge in [0.2, 0.25) is 0 Å². The molecule has 2 fully saturated rings. The highest BCUT2D eigenvalue weighted by atomic mass is 14.8. The molecule has 2 saturated carbocycles. The van der Waals surface area contributed by atoms with Crippen LogP contribution in [0.1, 0.15) is 70.4 Å². The summed E-state index contributed by atoms with van der Waals surface area (Å²) in [6.07, 6.45) is 22.5. The zero-order chi connectivity index (χ0) is 17.1. The van der Waals surface area contributed by atoms with Gasteiger partial charge in [0.05, 0.1) is 5.69 Å². The fraction of sp³-hybridized carbons (Fsp3) is 0.652. The lowest BCUT2D eigenvalue weighted by atomic mass is 9.47. The Balaban J connectivity index is 1.43. The summed E-state index contributed by atoms with van der Waals surface area (Å²) in [6, 6.07) is 0. The van der Waals surface area contributed by atoms with E-state index in [1.54, 1.807) is 11.8 Å². The second kappa shape index (κ2) is 5.53. The molecule has 1 heterocycles. The van der Waals surface area contributed by atoms with Crippen molar-refractivity contribution in [2.75, 3.05) is 0 Å². The van der Waals surface area contributed by atoms with Crippen molar-refractivity contribution in [2.45, 2.75) is 64.7 Å². The summed E-state index contributed by atoms with van der Waals surface area (Å²) in [5.41, 5.74) is 3.86. The van der Waals surface area contributed by atoms with Crippen LogP contribution in [0.15, 0.2) is 42.4 Å². The van der Waals surface area contributed by atoms with Crippen molar-refractivity contribution in [1.82, 2.24) is 9.97 Å². The van der Waals surface area contributed by atoms with Crippen LogP contribution in [-0.4, -0.2) is 9.97 Å². The molecule has 25 heavy (non-hydrogen) atoms. The van der Waals surface area contributed by atoms with Gasteiger partial charge in [0.15, 0.2) is 0 Å². The summed E-state index contributed by atoms with van der Waals surface area (Å²) in [5, 5.41) is 0. The molecule has 4 aliphatic carbocycles. The molecule has 4 aliphatic rings. The van der Waals surface area contributed by atoms with E-state index in [0.29, 0.717) is 16.7 Å². The van der Waals surface area contributed by atoms with Crippen LogP contribution in [0.3, 0.4) is 0 Å². The molecular formula is C23H30N2. The molecular weight excluding hydrogens is 304 g/mol. The average molecular weight is 335 g/mol. The largest absolute Gasteiger partial charge is 0.261 e. The quantitative estimate of drug-likeness (QED) is 0.617. The van der Waals surface area contributed by atoms with Crippen molar-refractivity contribution in [3.63, 3.8) is 0 Å². The first-order chi connectivity index (χ1) is 12.1. The summed E-state index contributed by atoms with van der Waals surface area (Å²) in [4.78, 5) is 8.90. The number of nitrogens with zero attached hydrogens (tertiary/aromatic N) is 2. The SMILES string of the molecule is C[C@@]12C=CC[C@H]1[C@@H]1CC=C3CC(c4cnccn4)CC[C@]3(C)[C@H]1CC2. The molecule has 0 amide bonds. The summed E-state index contributed by atoms with van der Waals surface area (Å²) >= 11 is 0. The van der Waals surface area contributed by atoms with Crippen LogP contribution in [0.2, 0.25) is 0 Å². The summed E-state index contributed by atoms with van der Waals surface area (Å²) < 4.78 is 0. The van der Waals surface area contributed by atoms with Crippen molar-refractivity contribution >= 4 is 0 Å². The maximum absolute atomic E-state index is 4.60. The predicted molar refractivity (Wildman–Crippen MR) is 101 cm³/mol. The molecule has 1 aromatic rings. The average Bonchev–Trinajstić information content (AvgIpc) is 3.03. The predicted octanol–water partition coefficient (Wildman–Crippen LogP) is 5.69. The van der Waals surface area contributed by atoms with Gasteiger partial charge in [-0.1, -0.05) is 37.6 Å². The van der Waals surface area contributed by atoms with E-state index in [1.165, 1.54) is 50.6 Å². The van der Waals surface area contributed by atoms with Gasteiger partial charge in [-0.15, -0.1) is 0 Å². The van der Waals surface area contributed by atoms with E-state index in [-0.39, 0.29) is 0 Å². The van der Waals surface area contributed by atoms with E-state index in [9.17, 15) is 0 Å². The normalized spacial score (nSPS) is 45.3. The molecule has 0 N–H and O–H groups in total. The van der Waals surface area contributed by atoms with Gasteiger partial charge in [0.25, 0.3) is 0 Å². The Bertz CT molecular complexity index is 721. The molecule has 6 atom stereocenters. The maximum Gasteiger partial charge on any atom is 0.0620 e. The van der Waals surface area contributed by atoms with E-state index < -0.39 is 0 Å². The summed E-state index contributed by atoms with van der Waals surface area (Å²) in [6.45, 7) is 5.11. The van der Waals surface area contributed by atoms with Crippen molar-refractivity contribution in [1.29, 1.82) is 0 Å². The van der Waals surface area contributed by atoms with Crippen LogP contribution < -0.4 is 0 Å². The van der Waals surface area contributed by atoms with Crippen LogP contribution in [0.4, 0.5) is 0 Å². The second-order valence-electron chi connectivity index (χ2n) is 9.51. The number of fused-ring (bicyclic) bond motifs is 5. The third-order valence-corrected chi connectivity index (χ3v) is 8.43. The monoisotopic (exact) mass is 334 g/mol. The minimum Gasteiger partial charge on any atom is -0.261 e. The molecule has 1 unspecified atom stereocenters. The number of hydrogen-bond donors (Lipinski definition) is 0. The van der Waals surface area contributed by atoms with Gasteiger partial charge in [-0.3, -0.25) is 9.97 Å². The topological polar surface area (TPSA) is 25.8 Å². The summed E-state index contributed by atoms with van der Waals surface area (Å²) in [7, 11) is 0. The second-order valence-corrected chi connectivity index (χ2v) is 9.51. The van der Waals surface area contributed by atoms with E-state index in [2.05, 4.69) is 42.0 Å². The number of rotatable bonds is 1. The molecule has 0 aromatic carbocycles. The first kappa shape index (κ1) is 15.8. The lowest BCUT2D eigenvalue weighted by Crippen LogP contribution is -2.48. The Morgan fingerprint density at radius 3 is 2.80 bits per heavy atom. The van der Waals surface area contributed by atoms with Gasteiger partial charge < -0.3 is 0 Å². The van der Waals surface area contributed by atoms with E-state index in [4.69, 9.17) is 0 Å². The van der Waals surface area contributed by atoms with Gasteiger partial charge in [-0.2, -0.15) is 0 Å². The first-order valence-electron chi connectivity index (χ1n) is 10.2. The van der Waals surface area contributed by atoms with Crippen molar-refractivity contribution in [3.8, 4) is 0 Å². The Morgan fingerprint density at radius 1 is 1.04 bits per heavy atom. The fourth-order valence-corrected chi connectivity index (χ4v) is 6.92. The van der Waals surface area contributed by atoms with Gasteiger partial charge in [0, 0.05) is 24.5 Å². The smallest absolute Gasteiger partial charge is 0.0620 e. The third-order valence-electron chi connectivity index (χ3n) is 8.43. The summed E-state index contributed by atoms with van der Waals surface area (Å²) in [5.74, 6) is 3.26. The van der Waals surface area contributed by atoms with Crippen molar-refractivity contribution in [3.05, 3.63) is 48.1 Å². The van der Waals surface area contributed by atoms with Gasteiger partial charge in [-0.05, 0) is 73.5 Å². The van der Waals surface area contributed by atoms with Crippen LogP contribution in [0.5, 0.6) is 0 Å². The van der Waals surface area contributed by atoms with E-state index in [0.717, 1.165) is 17.8 Å². The third kappa shape index (κ3) is 2.29. The van der Waals surface area contributed by atoms with Gasteiger partial charge in [-0.25, -0.2) is 0 Å². The highest BCUT2D eigenvalue weighted by Gasteiger charge is 2.54. The number of hydrogen-bond acceptors (Lipinski definition) is 2. The molecule has 1 aromatic heterocycles. The lowest BCUT2D eigenvalue weighted by Gasteiger charge is -2.57. The van der Waals surface area contributed by atoms with E-state index in [1.807, 2.05) is 12.4 Å². The Hall–Kier alpha value is -1.44. The molecule has 2 heteroatoms. The number of allylic oxidation sites excluding steroid dienone is 4. The van der Waals surface area contributed by atoms with Crippen LogP contribution in [0.25, 0.3) is 0 Å². The minimum absolute atomic E-state index is 0.436. The fourth-order valence-electron chi connectivity index (χ4n) is 6.92. The first-order valence-corrected chi connectivity index (χ1v) is 10.2. The minimum atomic E-state index is 0.436. The van der Waals surface area contributed by atoms with Gasteiger partial charge in [0.1, 0.15) is 0 Å². The number of aromatic nitrogens is 2. The lowest BCUT2D eigenvalue weighted by molar-refractivity contribution is -0.0147.